The number of aliphatic carboxylic acids is 1. The lowest BCUT2D eigenvalue weighted by Gasteiger charge is -2.35. The fraction of sp³-hybridized carbons (Fsp3) is 0.583. The number of rotatable bonds is 8. The van der Waals surface area contributed by atoms with Gasteiger partial charge in [0.15, 0.2) is 0 Å². The molecule has 0 unspecified atom stereocenters. The van der Waals surface area contributed by atoms with Crippen LogP contribution in [0.1, 0.15) is 72.6 Å². The van der Waals surface area contributed by atoms with E-state index in [4.69, 9.17) is 4.74 Å². The highest BCUT2D eigenvalue weighted by molar-refractivity contribution is 5.88. The minimum atomic E-state index is -4.58. The highest BCUT2D eigenvalue weighted by atomic mass is 19.4. The monoisotopic (exact) mass is 670 g/mol. The van der Waals surface area contributed by atoms with Gasteiger partial charge >= 0.3 is 12.1 Å². The third kappa shape index (κ3) is 6.64. The van der Waals surface area contributed by atoms with Gasteiger partial charge in [-0.05, 0) is 61.1 Å². The van der Waals surface area contributed by atoms with Gasteiger partial charge < -0.3 is 19.6 Å². The third-order valence-corrected chi connectivity index (χ3v) is 11.1. The van der Waals surface area contributed by atoms with Crippen molar-refractivity contribution in [3.8, 4) is 6.07 Å². The summed E-state index contributed by atoms with van der Waals surface area (Å²) in [5.74, 6) is -3.56. The van der Waals surface area contributed by atoms with E-state index in [0.29, 0.717) is 41.8 Å². The SMILES string of the molecule is COC[C@H]1CN(C(=O)[C@]2(F)CN(C3CCCC3)C[C@H]2c2ccc(C#N)cc2)C[C@@H]1c1ccc(C(F)(F)F)cc1N1CCC(C(=O)O)CC1. The summed E-state index contributed by atoms with van der Waals surface area (Å²) in [6, 6.07) is 12.7. The minimum Gasteiger partial charge on any atom is -0.481 e. The number of nitriles is 1. The number of halogens is 4. The molecule has 3 heterocycles. The molecule has 48 heavy (non-hydrogen) atoms. The average Bonchev–Trinajstić information content (AvgIpc) is 3.84. The van der Waals surface area contributed by atoms with Crippen molar-refractivity contribution in [1.82, 2.24) is 9.80 Å². The predicted octanol–water partition coefficient (Wildman–Crippen LogP) is 5.82. The number of alkyl halides is 4. The Morgan fingerprint density at radius 1 is 1.02 bits per heavy atom. The molecule has 3 saturated heterocycles. The van der Waals surface area contributed by atoms with Crippen molar-refractivity contribution in [3.05, 3.63) is 64.7 Å². The van der Waals surface area contributed by atoms with Gasteiger partial charge in [-0.25, -0.2) is 4.39 Å². The van der Waals surface area contributed by atoms with E-state index >= 15 is 4.39 Å². The van der Waals surface area contributed by atoms with Crippen LogP contribution in [-0.2, 0) is 20.5 Å². The Morgan fingerprint density at radius 3 is 2.31 bits per heavy atom. The zero-order valence-corrected chi connectivity index (χ0v) is 27.1. The Labute approximate surface area is 278 Å². The van der Waals surface area contributed by atoms with Gasteiger partial charge in [-0.3, -0.25) is 14.5 Å². The van der Waals surface area contributed by atoms with Crippen molar-refractivity contribution < 1.29 is 37.0 Å². The average molecular weight is 671 g/mol. The van der Waals surface area contributed by atoms with E-state index in [0.717, 1.165) is 37.8 Å². The number of methoxy groups -OCH3 is 1. The first-order valence-electron chi connectivity index (χ1n) is 16.8. The number of carboxylic acids is 1. The van der Waals surface area contributed by atoms with Crippen molar-refractivity contribution in [3.63, 3.8) is 0 Å². The number of amides is 1. The van der Waals surface area contributed by atoms with Gasteiger partial charge in [0.2, 0.25) is 5.67 Å². The Hall–Kier alpha value is -3.69. The molecule has 0 aromatic heterocycles. The van der Waals surface area contributed by atoms with E-state index in [-0.39, 0.29) is 51.3 Å². The van der Waals surface area contributed by atoms with Gasteiger partial charge in [0.05, 0.1) is 29.7 Å². The summed E-state index contributed by atoms with van der Waals surface area (Å²) in [6.45, 7) is 1.44. The van der Waals surface area contributed by atoms with E-state index in [1.165, 1.54) is 18.1 Å². The molecule has 4 atom stereocenters. The maximum atomic E-state index is 17.6. The van der Waals surface area contributed by atoms with Crippen LogP contribution < -0.4 is 4.90 Å². The molecule has 258 valence electrons. The summed E-state index contributed by atoms with van der Waals surface area (Å²) in [6.07, 6.45) is 0.0580. The lowest BCUT2D eigenvalue weighted by molar-refractivity contribution is -0.143. The van der Waals surface area contributed by atoms with Gasteiger partial charge in [-0.1, -0.05) is 31.0 Å². The first kappa shape index (κ1) is 34.2. The third-order valence-electron chi connectivity index (χ3n) is 11.1. The standard InChI is InChI=1S/C36H42F4N4O4/c1-48-21-26-18-43(19-30(26)29-11-10-27(36(38,39)40)16-32(29)42-14-12-25(13-15-42)33(45)46)34(47)35(37)22-44(28-4-2-3-5-28)20-31(35)24-8-6-23(17-41)7-9-24/h6-11,16,25-26,28,30-31H,2-5,12-15,18-22H2,1H3,(H,45,46)/t26-,30+,31+,35+/m1/s1. The van der Waals surface area contributed by atoms with E-state index < -0.39 is 47.0 Å². The fourth-order valence-electron chi connectivity index (χ4n) is 8.48. The zero-order valence-electron chi connectivity index (χ0n) is 27.1. The van der Waals surface area contributed by atoms with Gasteiger partial charge in [-0.15, -0.1) is 0 Å². The van der Waals surface area contributed by atoms with Crippen LogP contribution in [0.15, 0.2) is 42.5 Å². The number of carbonyl (C=O) groups excluding carboxylic acids is 1. The smallest absolute Gasteiger partial charge is 0.416 e. The summed E-state index contributed by atoms with van der Waals surface area (Å²) in [5.41, 5.74) is -0.946. The van der Waals surface area contributed by atoms with Crippen molar-refractivity contribution in [2.45, 2.75) is 68.2 Å². The van der Waals surface area contributed by atoms with Crippen molar-refractivity contribution in [1.29, 1.82) is 5.26 Å². The first-order chi connectivity index (χ1) is 22.9. The highest BCUT2D eigenvalue weighted by Crippen LogP contribution is 2.47. The van der Waals surface area contributed by atoms with Crippen LogP contribution in [0.5, 0.6) is 0 Å². The zero-order chi connectivity index (χ0) is 34.2. The maximum Gasteiger partial charge on any atom is 0.416 e. The quantitative estimate of drug-likeness (QED) is 0.354. The molecule has 2 aromatic carbocycles. The van der Waals surface area contributed by atoms with Crippen molar-refractivity contribution >= 4 is 17.6 Å². The number of nitrogens with zero attached hydrogens (tertiary/aromatic N) is 4. The summed E-state index contributed by atoms with van der Waals surface area (Å²) >= 11 is 0. The molecular formula is C36H42F4N4O4. The number of anilines is 1. The normalized spacial score (nSPS) is 27.5. The molecule has 0 spiro atoms. The molecule has 2 aromatic rings. The van der Waals surface area contributed by atoms with E-state index in [2.05, 4.69) is 11.0 Å². The molecule has 3 aliphatic heterocycles. The number of hydrogen-bond donors (Lipinski definition) is 1. The first-order valence-corrected chi connectivity index (χ1v) is 16.8. The van der Waals surface area contributed by atoms with Crippen LogP contribution in [0.2, 0.25) is 0 Å². The molecule has 1 aliphatic carbocycles. The van der Waals surface area contributed by atoms with Crippen LogP contribution in [0, 0.1) is 23.2 Å². The highest BCUT2D eigenvalue weighted by Gasteiger charge is 2.57. The molecule has 6 rings (SSSR count). The largest absolute Gasteiger partial charge is 0.481 e. The van der Waals surface area contributed by atoms with Crippen LogP contribution in [-0.4, -0.2) is 91.5 Å². The van der Waals surface area contributed by atoms with Crippen LogP contribution in [0.25, 0.3) is 0 Å². The predicted molar refractivity (Wildman–Crippen MR) is 170 cm³/mol. The van der Waals surface area contributed by atoms with Crippen molar-refractivity contribution in [2.24, 2.45) is 11.8 Å². The van der Waals surface area contributed by atoms with E-state index in [9.17, 15) is 33.1 Å². The van der Waals surface area contributed by atoms with Gasteiger partial charge in [-0.2, -0.15) is 18.4 Å². The second-order valence-corrected chi connectivity index (χ2v) is 13.9. The Morgan fingerprint density at radius 2 is 1.71 bits per heavy atom. The van der Waals surface area contributed by atoms with Gasteiger partial charge in [0.25, 0.3) is 5.91 Å². The second kappa shape index (κ2) is 13.7. The maximum absolute atomic E-state index is 17.6. The molecule has 8 nitrogen and oxygen atoms in total. The van der Waals surface area contributed by atoms with Crippen LogP contribution in [0.4, 0.5) is 23.2 Å². The molecule has 0 radical (unpaired) electrons. The number of hydrogen-bond acceptors (Lipinski definition) is 6. The second-order valence-electron chi connectivity index (χ2n) is 13.9. The number of benzene rings is 2. The molecule has 4 aliphatic rings. The van der Waals surface area contributed by atoms with Crippen LogP contribution in [0.3, 0.4) is 0 Å². The van der Waals surface area contributed by atoms with Crippen molar-refractivity contribution in [2.75, 3.05) is 57.9 Å². The number of piperidine rings is 1. The van der Waals surface area contributed by atoms with E-state index in [1.54, 1.807) is 24.3 Å². The number of ether oxygens (including phenoxy) is 1. The Bertz CT molecular complexity index is 1530. The summed E-state index contributed by atoms with van der Waals surface area (Å²) in [5, 5.41) is 18.8. The van der Waals surface area contributed by atoms with Gasteiger partial charge in [0, 0.05) is 75.9 Å². The Kier molecular flexibility index (Phi) is 9.73. The summed E-state index contributed by atoms with van der Waals surface area (Å²) in [4.78, 5) is 31.5. The molecular weight excluding hydrogens is 628 g/mol. The molecule has 1 N–H and O–H groups in total. The molecule has 0 bridgehead atoms. The molecule has 12 heteroatoms. The fourth-order valence-corrected chi connectivity index (χ4v) is 8.48. The number of carbonyl (C=O) groups is 2. The lowest BCUT2D eigenvalue weighted by Crippen LogP contribution is -2.50. The molecule has 1 amide bonds. The molecule has 4 fully saturated rings. The Balaban J connectivity index is 1.32. The van der Waals surface area contributed by atoms with Crippen LogP contribution >= 0.6 is 0 Å². The lowest BCUT2D eigenvalue weighted by atomic mass is 9.85. The summed E-state index contributed by atoms with van der Waals surface area (Å²) in [7, 11) is 1.53. The minimum absolute atomic E-state index is 0.0403. The van der Waals surface area contributed by atoms with Gasteiger partial charge in [0.1, 0.15) is 0 Å². The number of carboxylic acid groups (broad SMARTS) is 1. The topological polar surface area (TPSA) is 97.1 Å². The summed E-state index contributed by atoms with van der Waals surface area (Å²) < 4.78 is 64.9. The number of likely N-dealkylation sites (tertiary alicyclic amines) is 2. The molecule has 1 saturated carbocycles. The van der Waals surface area contributed by atoms with E-state index in [1.807, 2.05) is 4.90 Å².